The highest BCUT2D eigenvalue weighted by atomic mass is 15.2. The highest BCUT2D eigenvalue weighted by molar-refractivity contribution is 4.93. The molecule has 2 heteroatoms. The fraction of sp³-hybridized carbons (Fsp3) is 1.00. The van der Waals surface area contributed by atoms with Gasteiger partial charge in [0.05, 0.1) is 0 Å². The lowest BCUT2D eigenvalue weighted by Crippen LogP contribution is -2.55. The van der Waals surface area contributed by atoms with Crippen molar-refractivity contribution in [3.63, 3.8) is 0 Å². The number of nitrogens with zero attached hydrogens (tertiary/aromatic N) is 1. The minimum Gasteiger partial charge on any atom is -0.314 e. The summed E-state index contributed by atoms with van der Waals surface area (Å²) in [5, 5.41) is 3.60. The molecule has 3 rings (SSSR count). The van der Waals surface area contributed by atoms with Gasteiger partial charge < -0.3 is 5.32 Å². The van der Waals surface area contributed by atoms with Gasteiger partial charge >= 0.3 is 0 Å². The third-order valence-corrected chi connectivity index (χ3v) is 5.35. The molecule has 2 saturated heterocycles. The largest absolute Gasteiger partial charge is 0.314 e. The Kier molecular flexibility index (Phi) is 3.72. The number of fused-ring (bicyclic) bond motifs is 1. The average molecular weight is 236 g/mol. The Labute approximate surface area is 106 Å². The minimum atomic E-state index is 0.734. The van der Waals surface area contributed by atoms with Gasteiger partial charge in [0.1, 0.15) is 0 Å². The second kappa shape index (κ2) is 5.27. The van der Waals surface area contributed by atoms with Crippen LogP contribution in [0.3, 0.4) is 0 Å². The fourth-order valence-corrected chi connectivity index (χ4v) is 4.52. The van der Waals surface area contributed by atoms with Gasteiger partial charge in [-0.15, -0.1) is 0 Å². The van der Waals surface area contributed by atoms with Gasteiger partial charge in [0.15, 0.2) is 0 Å². The second-order valence-electron chi connectivity index (χ2n) is 6.53. The number of hydrogen-bond acceptors (Lipinski definition) is 2. The van der Waals surface area contributed by atoms with E-state index >= 15 is 0 Å². The van der Waals surface area contributed by atoms with E-state index in [4.69, 9.17) is 0 Å². The van der Waals surface area contributed by atoms with Crippen molar-refractivity contribution in [1.82, 2.24) is 10.2 Å². The summed E-state index contributed by atoms with van der Waals surface area (Å²) in [5.74, 6) is 1.04. The highest BCUT2D eigenvalue weighted by Crippen LogP contribution is 2.37. The summed E-state index contributed by atoms with van der Waals surface area (Å²) in [7, 11) is 0. The van der Waals surface area contributed by atoms with Crippen molar-refractivity contribution in [3.05, 3.63) is 0 Å². The Morgan fingerprint density at radius 2 is 1.82 bits per heavy atom. The molecule has 2 aliphatic heterocycles. The number of rotatable bonds is 1. The molecular formula is C15H28N2. The van der Waals surface area contributed by atoms with E-state index in [0.29, 0.717) is 0 Å². The van der Waals surface area contributed by atoms with E-state index in [-0.39, 0.29) is 0 Å². The first-order chi connectivity index (χ1) is 8.34. The van der Waals surface area contributed by atoms with Crippen LogP contribution < -0.4 is 5.32 Å². The Bertz CT molecular complexity index is 251. The molecule has 0 bridgehead atoms. The van der Waals surface area contributed by atoms with Crippen LogP contribution in [0.5, 0.6) is 0 Å². The summed E-state index contributed by atoms with van der Waals surface area (Å²) >= 11 is 0. The van der Waals surface area contributed by atoms with Crippen LogP contribution in [0.25, 0.3) is 0 Å². The van der Waals surface area contributed by atoms with E-state index in [1.807, 2.05) is 0 Å². The van der Waals surface area contributed by atoms with Crippen LogP contribution in [0, 0.1) is 5.92 Å². The predicted octanol–water partition coefficient (Wildman–Crippen LogP) is 2.78. The number of piperidine rings is 2. The maximum absolute atomic E-state index is 3.60. The lowest BCUT2D eigenvalue weighted by molar-refractivity contribution is 0.0109. The molecule has 4 atom stereocenters. The first-order valence-corrected chi connectivity index (χ1v) is 7.84. The van der Waals surface area contributed by atoms with Crippen molar-refractivity contribution in [2.75, 3.05) is 13.1 Å². The summed E-state index contributed by atoms with van der Waals surface area (Å²) in [5.41, 5.74) is 0. The molecule has 2 unspecified atom stereocenters. The molecule has 0 aromatic carbocycles. The lowest BCUT2D eigenvalue weighted by atomic mass is 9.77. The fourth-order valence-electron chi connectivity index (χ4n) is 4.52. The molecule has 1 N–H and O–H groups in total. The van der Waals surface area contributed by atoms with Crippen LogP contribution in [0.4, 0.5) is 0 Å². The predicted molar refractivity (Wildman–Crippen MR) is 72.2 cm³/mol. The van der Waals surface area contributed by atoms with E-state index < -0.39 is 0 Å². The lowest BCUT2D eigenvalue weighted by Gasteiger charge is -2.49. The van der Waals surface area contributed by atoms with Crippen molar-refractivity contribution in [2.45, 2.75) is 76.4 Å². The molecule has 3 fully saturated rings. The average Bonchev–Trinajstić information content (AvgIpc) is 2.38. The molecule has 0 spiro atoms. The van der Waals surface area contributed by atoms with Gasteiger partial charge in [0.25, 0.3) is 0 Å². The molecule has 2 nitrogen and oxygen atoms in total. The Morgan fingerprint density at radius 1 is 1.00 bits per heavy atom. The van der Waals surface area contributed by atoms with Crippen LogP contribution in [0.1, 0.15) is 58.3 Å². The third-order valence-electron chi connectivity index (χ3n) is 5.35. The minimum absolute atomic E-state index is 0.734. The van der Waals surface area contributed by atoms with Gasteiger partial charge in [-0.3, -0.25) is 4.90 Å². The monoisotopic (exact) mass is 236 g/mol. The molecule has 0 radical (unpaired) electrons. The van der Waals surface area contributed by atoms with Crippen LogP contribution >= 0.6 is 0 Å². The second-order valence-corrected chi connectivity index (χ2v) is 6.53. The molecule has 17 heavy (non-hydrogen) atoms. The Balaban J connectivity index is 1.67. The van der Waals surface area contributed by atoms with E-state index in [2.05, 4.69) is 17.1 Å². The molecule has 98 valence electrons. The zero-order valence-corrected chi connectivity index (χ0v) is 11.3. The molecule has 1 aliphatic carbocycles. The van der Waals surface area contributed by atoms with Gasteiger partial charge in [-0.1, -0.05) is 12.8 Å². The molecule has 0 aromatic heterocycles. The molecule has 0 amide bonds. The maximum atomic E-state index is 3.60. The Hall–Kier alpha value is -0.0800. The van der Waals surface area contributed by atoms with Gasteiger partial charge in [-0.05, 0) is 64.5 Å². The van der Waals surface area contributed by atoms with Crippen molar-refractivity contribution in [3.8, 4) is 0 Å². The van der Waals surface area contributed by atoms with Crippen molar-refractivity contribution >= 4 is 0 Å². The van der Waals surface area contributed by atoms with E-state index in [0.717, 1.165) is 24.0 Å². The van der Waals surface area contributed by atoms with E-state index in [1.54, 1.807) is 0 Å². The number of nitrogens with one attached hydrogen (secondary N) is 1. The zero-order valence-electron chi connectivity index (χ0n) is 11.3. The quantitative estimate of drug-likeness (QED) is 0.753. The summed E-state index contributed by atoms with van der Waals surface area (Å²) < 4.78 is 0. The van der Waals surface area contributed by atoms with Gasteiger partial charge in [-0.2, -0.15) is 0 Å². The molecule has 1 saturated carbocycles. The van der Waals surface area contributed by atoms with Gasteiger partial charge in [0.2, 0.25) is 0 Å². The third kappa shape index (κ3) is 2.53. The molecule has 3 aliphatic rings. The first kappa shape index (κ1) is 12.0. The Morgan fingerprint density at radius 3 is 2.71 bits per heavy atom. The van der Waals surface area contributed by atoms with Crippen LogP contribution in [0.2, 0.25) is 0 Å². The number of hydrogen-bond donors (Lipinski definition) is 1. The normalized spacial score (nSPS) is 44.3. The zero-order chi connectivity index (χ0) is 11.7. The van der Waals surface area contributed by atoms with Crippen molar-refractivity contribution < 1.29 is 0 Å². The summed E-state index contributed by atoms with van der Waals surface area (Å²) in [4.78, 5) is 2.92. The molecular weight excluding hydrogens is 208 g/mol. The summed E-state index contributed by atoms with van der Waals surface area (Å²) in [6.07, 6.45) is 11.7. The summed E-state index contributed by atoms with van der Waals surface area (Å²) in [6.45, 7) is 4.98. The molecule has 2 heterocycles. The van der Waals surface area contributed by atoms with Crippen molar-refractivity contribution in [2.24, 2.45) is 5.92 Å². The topological polar surface area (TPSA) is 15.3 Å². The molecule has 0 aromatic rings. The maximum Gasteiger partial charge on any atom is 0.0126 e. The standard InChI is InChI=1S/C15H28N2/c1-12-11-14(8-9-16-12)17-10-4-6-13-5-2-3-7-15(13)17/h12-16H,2-11H2,1H3/t12?,13-,14?,15-/m1/s1. The van der Waals surface area contributed by atoms with Crippen LogP contribution in [0.15, 0.2) is 0 Å². The summed E-state index contributed by atoms with van der Waals surface area (Å²) in [6, 6.07) is 2.57. The van der Waals surface area contributed by atoms with Crippen molar-refractivity contribution in [1.29, 1.82) is 0 Å². The number of likely N-dealkylation sites (tertiary alicyclic amines) is 1. The van der Waals surface area contributed by atoms with Gasteiger partial charge in [0, 0.05) is 18.1 Å². The highest BCUT2D eigenvalue weighted by Gasteiger charge is 2.37. The van der Waals surface area contributed by atoms with Crippen LogP contribution in [-0.4, -0.2) is 36.1 Å². The first-order valence-electron chi connectivity index (χ1n) is 7.84. The van der Waals surface area contributed by atoms with E-state index in [1.165, 1.54) is 64.5 Å². The van der Waals surface area contributed by atoms with E-state index in [9.17, 15) is 0 Å². The van der Waals surface area contributed by atoms with Crippen LogP contribution in [-0.2, 0) is 0 Å². The van der Waals surface area contributed by atoms with Gasteiger partial charge in [-0.25, -0.2) is 0 Å². The SMILES string of the molecule is CC1CC(N2CCC[C@H]3CCCC[C@H]32)CCN1. The smallest absolute Gasteiger partial charge is 0.0126 e.